The van der Waals surface area contributed by atoms with Gasteiger partial charge in [-0.05, 0) is 19.1 Å². The number of piperazine rings is 1. The highest BCUT2D eigenvalue weighted by molar-refractivity contribution is 5.94. The molecule has 0 aromatic heterocycles. The van der Waals surface area contributed by atoms with Crippen molar-refractivity contribution in [1.29, 1.82) is 0 Å². The molecule has 24 heavy (non-hydrogen) atoms. The largest absolute Gasteiger partial charge is 0.497 e. The van der Waals surface area contributed by atoms with Crippen LogP contribution >= 0.6 is 0 Å². The summed E-state index contributed by atoms with van der Waals surface area (Å²) in [5, 5.41) is 6.07. The van der Waals surface area contributed by atoms with Gasteiger partial charge in [0.25, 0.3) is 0 Å². The molecule has 2 amide bonds. The van der Waals surface area contributed by atoms with Crippen molar-refractivity contribution >= 4 is 17.5 Å². The summed E-state index contributed by atoms with van der Waals surface area (Å²) in [7, 11) is 3.23. The average Bonchev–Trinajstić information content (AvgIpc) is 2.56. The number of hydrogen-bond donors (Lipinski definition) is 2. The van der Waals surface area contributed by atoms with Gasteiger partial charge >= 0.3 is 0 Å². The molecule has 132 valence electrons. The highest BCUT2D eigenvalue weighted by atomic mass is 16.5. The fourth-order valence-corrected chi connectivity index (χ4v) is 2.62. The molecule has 1 heterocycles. The quantitative estimate of drug-likeness (QED) is 0.787. The van der Waals surface area contributed by atoms with Gasteiger partial charge in [0.1, 0.15) is 5.75 Å². The highest BCUT2D eigenvalue weighted by Gasteiger charge is 2.22. The topological polar surface area (TPSA) is 73.9 Å². The molecule has 0 radical (unpaired) electrons. The molecule has 0 saturated carbocycles. The molecular formula is C17H26N4O3. The van der Waals surface area contributed by atoms with Crippen molar-refractivity contribution in [3.63, 3.8) is 0 Å². The Hall–Kier alpha value is -2.12. The first kappa shape index (κ1) is 18.2. The minimum absolute atomic E-state index is 0.0243. The summed E-state index contributed by atoms with van der Waals surface area (Å²) in [6, 6.07) is 7.45. The Morgan fingerprint density at radius 3 is 2.96 bits per heavy atom. The molecule has 1 aliphatic rings. The van der Waals surface area contributed by atoms with Crippen LogP contribution in [-0.2, 0) is 9.59 Å². The zero-order valence-corrected chi connectivity index (χ0v) is 14.5. The second kappa shape index (κ2) is 8.65. The molecule has 1 aromatic carbocycles. The number of amides is 2. The molecule has 1 aliphatic heterocycles. The van der Waals surface area contributed by atoms with Gasteiger partial charge in [-0.3, -0.25) is 14.5 Å². The van der Waals surface area contributed by atoms with Crippen molar-refractivity contribution in [3.8, 4) is 5.75 Å². The standard InChI is InChI=1S/C17H26N4O3/c1-13-10-18-7-8-21(13)12-17(23)20(2)11-16(22)19-14-5-4-6-15(9-14)24-3/h4-6,9,13,18H,7-8,10-12H2,1-3H3,(H,19,22)/t13-/m0/s1. The van der Waals surface area contributed by atoms with Gasteiger partial charge in [-0.25, -0.2) is 0 Å². The smallest absolute Gasteiger partial charge is 0.243 e. The lowest BCUT2D eigenvalue weighted by atomic mass is 10.2. The zero-order valence-electron chi connectivity index (χ0n) is 14.5. The Balaban J connectivity index is 1.82. The summed E-state index contributed by atoms with van der Waals surface area (Å²) < 4.78 is 5.12. The first-order chi connectivity index (χ1) is 11.5. The molecule has 7 heteroatoms. The number of benzene rings is 1. The monoisotopic (exact) mass is 334 g/mol. The molecule has 0 unspecified atom stereocenters. The first-order valence-electron chi connectivity index (χ1n) is 8.12. The van der Waals surface area contributed by atoms with E-state index in [1.165, 1.54) is 4.90 Å². The van der Waals surface area contributed by atoms with E-state index >= 15 is 0 Å². The third-order valence-corrected chi connectivity index (χ3v) is 4.14. The summed E-state index contributed by atoms with van der Waals surface area (Å²) >= 11 is 0. The third kappa shape index (κ3) is 5.21. The van der Waals surface area contributed by atoms with Crippen molar-refractivity contribution in [2.75, 3.05) is 52.2 Å². The molecule has 1 saturated heterocycles. The minimum atomic E-state index is -0.229. The zero-order chi connectivity index (χ0) is 17.5. The lowest BCUT2D eigenvalue weighted by molar-refractivity contribution is -0.134. The van der Waals surface area contributed by atoms with Crippen LogP contribution in [0.1, 0.15) is 6.92 Å². The maximum absolute atomic E-state index is 12.3. The number of rotatable bonds is 6. The Labute approximate surface area is 142 Å². The van der Waals surface area contributed by atoms with E-state index in [4.69, 9.17) is 4.74 Å². The molecule has 7 nitrogen and oxygen atoms in total. The third-order valence-electron chi connectivity index (χ3n) is 4.14. The molecule has 0 spiro atoms. The van der Waals surface area contributed by atoms with E-state index in [-0.39, 0.29) is 18.4 Å². The average molecular weight is 334 g/mol. The van der Waals surface area contributed by atoms with E-state index < -0.39 is 0 Å². The van der Waals surface area contributed by atoms with Gasteiger partial charge in [-0.1, -0.05) is 6.07 Å². The molecule has 1 fully saturated rings. The van der Waals surface area contributed by atoms with Gasteiger partial charge in [-0.15, -0.1) is 0 Å². The lowest BCUT2D eigenvalue weighted by Gasteiger charge is -2.34. The summed E-state index contributed by atoms with van der Waals surface area (Å²) in [5.74, 6) is 0.391. The van der Waals surface area contributed by atoms with Crippen LogP contribution in [0.25, 0.3) is 0 Å². The SMILES string of the molecule is COc1cccc(NC(=O)CN(C)C(=O)CN2CCNC[C@@H]2C)c1. The first-order valence-corrected chi connectivity index (χ1v) is 8.12. The van der Waals surface area contributed by atoms with Crippen molar-refractivity contribution in [1.82, 2.24) is 15.1 Å². The molecular weight excluding hydrogens is 308 g/mol. The highest BCUT2D eigenvalue weighted by Crippen LogP contribution is 2.16. The van der Waals surface area contributed by atoms with Crippen molar-refractivity contribution in [3.05, 3.63) is 24.3 Å². The van der Waals surface area contributed by atoms with Gasteiger partial charge in [0.2, 0.25) is 11.8 Å². The summed E-state index contributed by atoms with van der Waals surface area (Å²) in [4.78, 5) is 28.0. The minimum Gasteiger partial charge on any atom is -0.497 e. The molecule has 2 N–H and O–H groups in total. The lowest BCUT2D eigenvalue weighted by Crippen LogP contribution is -2.53. The predicted molar refractivity (Wildman–Crippen MR) is 93.2 cm³/mol. The van der Waals surface area contributed by atoms with Gasteiger partial charge in [-0.2, -0.15) is 0 Å². The molecule has 0 aliphatic carbocycles. The van der Waals surface area contributed by atoms with Crippen LogP contribution in [0.3, 0.4) is 0 Å². The van der Waals surface area contributed by atoms with Gasteiger partial charge in [0.05, 0.1) is 20.2 Å². The predicted octanol–water partition coefficient (Wildman–Crippen LogP) is 0.386. The van der Waals surface area contributed by atoms with Gasteiger partial charge in [0, 0.05) is 44.5 Å². The van der Waals surface area contributed by atoms with Crippen LogP contribution in [0.4, 0.5) is 5.69 Å². The Bertz CT molecular complexity index is 579. The maximum Gasteiger partial charge on any atom is 0.243 e. The Kier molecular flexibility index (Phi) is 6.57. The maximum atomic E-state index is 12.3. The van der Waals surface area contributed by atoms with E-state index in [2.05, 4.69) is 22.5 Å². The van der Waals surface area contributed by atoms with Crippen LogP contribution in [0, 0.1) is 0 Å². The van der Waals surface area contributed by atoms with E-state index in [0.717, 1.165) is 19.6 Å². The number of anilines is 1. The number of likely N-dealkylation sites (N-methyl/N-ethyl adjacent to an activating group) is 1. The molecule has 1 aromatic rings. The van der Waals surface area contributed by atoms with Crippen molar-refractivity contribution in [2.24, 2.45) is 0 Å². The van der Waals surface area contributed by atoms with Crippen molar-refractivity contribution in [2.45, 2.75) is 13.0 Å². The van der Waals surface area contributed by atoms with E-state index in [1.807, 2.05) is 0 Å². The van der Waals surface area contributed by atoms with Crippen molar-refractivity contribution < 1.29 is 14.3 Å². The van der Waals surface area contributed by atoms with Crippen LogP contribution < -0.4 is 15.4 Å². The molecule has 1 atom stereocenters. The number of methoxy groups -OCH3 is 1. The molecule has 2 rings (SSSR count). The Morgan fingerprint density at radius 1 is 1.46 bits per heavy atom. The van der Waals surface area contributed by atoms with Crippen LogP contribution in [-0.4, -0.2) is 74.5 Å². The number of carbonyl (C=O) groups is 2. The normalized spacial score (nSPS) is 18.0. The second-order valence-corrected chi connectivity index (χ2v) is 6.05. The Morgan fingerprint density at radius 2 is 2.25 bits per heavy atom. The number of nitrogens with zero attached hydrogens (tertiary/aromatic N) is 2. The van der Waals surface area contributed by atoms with Crippen LogP contribution in [0.2, 0.25) is 0 Å². The van der Waals surface area contributed by atoms with E-state index in [0.29, 0.717) is 24.0 Å². The summed E-state index contributed by atoms with van der Waals surface area (Å²) in [6.07, 6.45) is 0. The molecule has 0 bridgehead atoms. The number of ether oxygens (including phenoxy) is 1. The van der Waals surface area contributed by atoms with E-state index in [9.17, 15) is 9.59 Å². The summed E-state index contributed by atoms with van der Waals surface area (Å²) in [5.41, 5.74) is 0.649. The van der Waals surface area contributed by atoms with Gasteiger partial charge < -0.3 is 20.3 Å². The number of nitrogens with one attached hydrogen (secondary N) is 2. The van der Waals surface area contributed by atoms with Crippen LogP contribution in [0.5, 0.6) is 5.75 Å². The van der Waals surface area contributed by atoms with Gasteiger partial charge in [0.15, 0.2) is 0 Å². The number of hydrogen-bond acceptors (Lipinski definition) is 5. The summed E-state index contributed by atoms with van der Waals surface area (Å²) in [6.45, 7) is 5.07. The number of carbonyl (C=O) groups excluding carboxylic acids is 2. The fraction of sp³-hybridized carbons (Fsp3) is 0.529. The van der Waals surface area contributed by atoms with Crippen LogP contribution in [0.15, 0.2) is 24.3 Å². The van der Waals surface area contributed by atoms with E-state index in [1.54, 1.807) is 38.4 Å². The second-order valence-electron chi connectivity index (χ2n) is 6.05. The fourth-order valence-electron chi connectivity index (χ4n) is 2.62.